The normalized spacial score (nSPS) is 11.0. The number of oxazole rings is 1. The van der Waals surface area contributed by atoms with Gasteiger partial charge >= 0.3 is 6.61 Å². The zero-order chi connectivity index (χ0) is 23.3. The Bertz CT molecular complexity index is 1070. The highest BCUT2D eigenvalue weighted by atomic mass is 19.3. The lowest BCUT2D eigenvalue weighted by molar-refractivity contribution is -0.130. The standard InChI is InChI=1S/C22H20F4N2O4/c1-28(12-13-6-7-16(32-22(25)26)17(10-13)30-2)20(29)9-8-19-27-11-18(31-19)21-14(23)4-3-5-15(21)24/h3-7,10-11,22H,8-9,12H2,1-2H3. The molecule has 1 aromatic heterocycles. The molecule has 2 aromatic carbocycles. The molecule has 1 heterocycles. The summed E-state index contributed by atoms with van der Waals surface area (Å²) in [4.78, 5) is 17.9. The smallest absolute Gasteiger partial charge is 0.387 e. The number of rotatable bonds is 9. The number of nitrogens with zero attached hydrogens (tertiary/aromatic N) is 2. The van der Waals surface area contributed by atoms with Gasteiger partial charge in [-0.1, -0.05) is 12.1 Å². The number of ether oxygens (including phenoxy) is 2. The monoisotopic (exact) mass is 452 g/mol. The Kier molecular flexibility index (Phi) is 7.34. The van der Waals surface area contributed by atoms with Crippen LogP contribution in [-0.2, 0) is 17.8 Å². The van der Waals surface area contributed by atoms with Crippen molar-refractivity contribution in [2.24, 2.45) is 0 Å². The molecular weight excluding hydrogens is 432 g/mol. The van der Waals surface area contributed by atoms with Crippen LogP contribution in [0.3, 0.4) is 0 Å². The lowest BCUT2D eigenvalue weighted by Gasteiger charge is -2.18. The highest BCUT2D eigenvalue weighted by Crippen LogP contribution is 2.30. The van der Waals surface area contributed by atoms with E-state index in [0.717, 1.165) is 12.1 Å². The maximum absolute atomic E-state index is 13.9. The lowest BCUT2D eigenvalue weighted by Crippen LogP contribution is -2.26. The van der Waals surface area contributed by atoms with Crippen LogP contribution < -0.4 is 9.47 Å². The summed E-state index contributed by atoms with van der Waals surface area (Å²) in [5, 5.41) is 0. The zero-order valence-electron chi connectivity index (χ0n) is 17.3. The van der Waals surface area contributed by atoms with Gasteiger partial charge in [0, 0.05) is 26.4 Å². The predicted octanol–water partition coefficient (Wildman–Crippen LogP) is 4.82. The highest BCUT2D eigenvalue weighted by Gasteiger charge is 2.18. The number of aryl methyl sites for hydroxylation is 1. The Balaban J connectivity index is 1.59. The second-order valence-electron chi connectivity index (χ2n) is 6.83. The molecule has 170 valence electrons. The summed E-state index contributed by atoms with van der Waals surface area (Å²) < 4.78 is 67.4. The van der Waals surface area contributed by atoms with Crippen LogP contribution in [0.5, 0.6) is 11.5 Å². The molecule has 3 aromatic rings. The summed E-state index contributed by atoms with van der Waals surface area (Å²) >= 11 is 0. The molecular formula is C22H20F4N2O4. The van der Waals surface area contributed by atoms with E-state index in [4.69, 9.17) is 9.15 Å². The number of benzene rings is 2. The number of carbonyl (C=O) groups excluding carboxylic acids is 1. The second kappa shape index (κ2) is 10.2. The van der Waals surface area contributed by atoms with Crippen molar-refractivity contribution in [3.63, 3.8) is 0 Å². The number of hydrogen-bond acceptors (Lipinski definition) is 5. The topological polar surface area (TPSA) is 64.8 Å². The van der Waals surface area contributed by atoms with Crippen LogP contribution in [-0.4, -0.2) is 36.6 Å². The molecule has 0 saturated carbocycles. The SMILES string of the molecule is COc1cc(CN(C)C(=O)CCc2ncc(-c3c(F)cccc3F)o2)ccc1OC(F)F. The Hall–Kier alpha value is -3.56. The van der Waals surface area contributed by atoms with Crippen LogP contribution in [0.1, 0.15) is 17.9 Å². The molecule has 0 radical (unpaired) electrons. The molecule has 0 aliphatic heterocycles. The van der Waals surface area contributed by atoms with E-state index in [2.05, 4.69) is 9.72 Å². The molecule has 0 aliphatic carbocycles. The van der Waals surface area contributed by atoms with Crippen LogP contribution in [0.25, 0.3) is 11.3 Å². The Morgan fingerprint density at radius 1 is 1.16 bits per heavy atom. The number of aromatic nitrogens is 1. The van der Waals surface area contributed by atoms with Gasteiger partial charge in [-0.05, 0) is 29.8 Å². The van der Waals surface area contributed by atoms with Crippen LogP contribution in [0.4, 0.5) is 17.6 Å². The summed E-state index contributed by atoms with van der Waals surface area (Å²) in [7, 11) is 2.90. The van der Waals surface area contributed by atoms with Gasteiger partial charge in [0.1, 0.15) is 11.6 Å². The zero-order valence-corrected chi connectivity index (χ0v) is 17.3. The third kappa shape index (κ3) is 5.57. The van der Waals surface area contributed by atoms with Gasteiger partial charge in [0.25, 0.3) is 0 Å². The lowest BCUT2D eigenvalue weighted by atomic mass is 10.1. The van der Waals surface area contributed by atoms with Gasteiger partial charge < -0.3 is 18.8 Å². The largest absolute Gasteiger partial charge is 0.493 e. The van der Waals surface area contributed by atoms with Crippen LogP contribution >= 0.6 is 0 Å². The number of amides is 1. The molecule has 0 unspecified atom stereocenters. The first-order valence-corrected chi connectivity index (χ1v) is 9.53. The van der Waals surface area contributed by atoms with Crippen molar-refractivity contribution < 1.29 is 36.2 Å². The maximum Gasteiger partial charge on any atom is 0.387 e. The van der Waals surface area contributed by atoms with Gasteiger partial charge in [0.15, 0.2) is 23.1 Å². The van der Waals surface area contributed by atoms with E-state index in [9.17, 15) is 22.4 Å². The number of methoxy groups -OCH3 is 1. The van der Waals surface area contributed by atoms with Crippen molar-refractivity contribution in [2.45, 2.75) is 26.0 Å². The van der Waals surface area contributed by atoms with Crippen molar-refractivity contribution in [1.82, 2.24) is 9.88 Å². The van der Waals surface area contributed by atoms with E-state index in [-0.39, 0.29) is 54.0 Å². The Labute approximate surface area is 181 Å². The molecule has 32 heavy (non-hydrogen) atoms. The van der Waals surface area contributed by atoms with E-state index in [0.29, 0.717) is 5.56 Å². The van der Waals surface area contributed by atoms with E-state index in [1.165, 1.54) is 36.4 Å². The van der Waals surface area contributed by atoms with E-state index in [1.54, 1.807) is 13.1 Å². The van der Waals surface area contributed by atoms with Gasteiger partial charge in [0.05, 0.1) is 18.9 Å². The van der Waals surface area contributed by atoms with E-state index in [1.807, 2.05) is 0 Å². The van der Waals surface area contributed by atoms with Crippen molar-refractivity contribution in [1.29, 1.82) is 0 Å². The van der Waals surface area contributed by atoms with E-state index >= 15 is 0 Å². The fourth-order valence-electron chi connectivity index (χ4n) is 3.05. The fraction of sp³-hybridized carbons (Fsp3) is 0.273. The van der Waals surface area contributed by atoms with Gasteiger partial charge in [-0.3, -0.25) is 4.79 Å². The summed E-state index contributed by atoms with van der Waals surface area (Å²) in [6, 6.07) is 7.86. The summed E-state index contributed by atoms with van der Waals surface area (Å²) in [5.41, 5.74) is 0.329. The minimum Gasteiger partial charge on any atom is -0.493 e. The van der Waals surface area contributed by atoms with Crippen LogP contribution in [0.15, 0.2) is 47.0 Å². The molecule has 0 bridgehead atoms. The summed E-state index contributed by atoms with van der Waals surface area (Å²) in [6.07, 6.45) is 1.38. The first-order valence-electron chi connectivity index (χ1n) is 9.53. The van der Waals surface area contributed by atoms with Crippen LogP contribution in [0, 0.1) is 11.6 Å². The number of carbonyl (C=O) groups is 1. The molecule has 10 heteroatoms. The highest BCUT2D eigenvalue weighted by molar-refractivity contribution is 5.76. The average molecular weight is 452 g/mol. The molecule has 6 nitrogen and oxygen atoms in total. The molecule has 3 rings (SSSR count). The second-order valence-corrected chi connectivity index (χ2v) is 6.83. The fourth-order valence-corrected chi connectivity index (χ4v) is 3.05. The predicted molar refractivity (Wildman–Crippen MR) is 106 cm³/mol. The van der Waals surface area contributed by atoms with Crippen LogP contribution in [0.2, 0.25) is 0 Å². The van der Waals surface area contributed by atoms with Crippen molar-refractivity contribution in [3.05, 3.63) is 65.7 Å². The third-order valence-electron chi connectivity index (χ3n) is 4.61. The van der Waals surface area contributed by atoms with Gasteiger partial charge in [-0.2, -0.15) is 8.78 Å². The Morgan fingerprint density at radius 2 is 1.88 bits per heavy atom. The first-order chi connectivity index (χ1) is 15.3. The molecule has 0 saturated heterocycles. The molecule has 0 fully saturated rings. The van der Waals surface area contributed by atoms with Crippen molar-refractivity contribution >= 4 is 5.91 Å². The van der Waals surface area contributed by atoms with Gasteiger partial charge in [0.2, 0.25) is 5.91 Å². The summed E-state index contributed by atoms with van der Waals surface area (Å²) in [6.45, 7) is -2.79. The third-order valence-corrected chi connectivity index (χ3v) is 4.61. The van der Waals surface area contributed by atoms with E-state index < -0.39 is 18.2 Å². The molecule has 0 spiro atoms. The molecule has 0 atom stereocenters. The average Bonchev–Trinajstić information content (AvgIpc) is 3.21. The molecule has 0 aliphatic rings. The number of alkyl halides is 2. The minimum atomic E-state index is -2.98. The quantitative estimate of drug-likeness (QED) is 0.436. The maximum atomic E-state index is 13.9. The van der Waals surface area contributed by atoms with Crippen molar-refractivity contribution in [2.75, 3.05) is 14.2 Å². The minimum absolute atomic E-state index is 0.0416. The Morgan fingerprint density at radius 3 is 2.53 bits per heavy atom. The van der Waals surface area contributed by atoms with Gasteiger partial charge in [-0.15, -0.1) is 0 Å². The number of halogens is 4. The van der Waals surface area contributed by atoms with Gasteiger partial charge in [-0.25, -0.2) is 13.8 Å². The molecule has 1 amide bonds. The van der Waals surface area contributed by atoms with Crippen molar-refractivity contribution in [3.8, 4) is 22.8 Å². The summed E-state index contributed by atoms with van der Waals surface area (Å²) in [5.74, 6) is -1.67. The first kappa shape index (κ1) is 23.1. The molecule has 0 N–H and O–H groups in total. The number of hydrogen-bond donors (Lipinski definition) is 0.